The van der Waals surface area contributed by atoms with Crippen LogP contribution in [-0.2, 0) is 4.74 Å². The van der Waals surface area contributed by atoms with Crippen molar-refractivity contribution in [2.24, 2.45) is 5.10 Å². The van der Waals surface area contributed by atoms with Crippen LogP contribution in [0.3, 0.4) is 0 Å². The normalized spacial score (nSPS) is 15.7. The monoisotopic (exact) mass is 266 g/mol. The largest absolute Gasteiger partial charge is 0.378 e. The Bertz CT molecular complexity index is 557. The lowest BCUT2D eigenvalue weighted by molar-refractivity contribution is 0.0397. The number of ether oxygens (including phenoxy) is 1. The average Bonchev–Trinajstić information content (AvgIpc) is 2.55. The van der Waals surface area contributed by atoms with E-state index in [1.165, 1.54) is 11.1 Å². The average molecular weight is 266 g/mol. The maximum absolute atomic E-state index is 5.30. The Morgan fingerprint density at radius 3 is 2.20 bits per heavy atom. The van der Waals surface area contributed by atoms with Gasteiger partial charge < -0.3 is 4.74 Å². The van der Waals surface area contributed by atoms with Crippen LogP contribution in [0.1, 0.15) is 5.56 Å². The molecule has 0 bridgehead atoms. The first-order chi connectivity index (χ1) is 9.92. The summed E-state index contributed by atoms with van der Waals surface area (Å²) >= 11 is 0. The molecule has 0 aromatic heterocycles. The van der Waals surface area contributed by atoms with Gasteiger partial charge in [0.1, 0.15) is 0 Å². The lowest BCUT2D eigenvalue weighted by atomic mass is 10.0. The molecule has 1 saturated heterocycles. The molecule has 20 heavy (non-hydrogen) atoms. The molecule has 2 aromatic rings. The van der Waals surface area contributed by atoms with Crippen LogP contribution in [0.4, 0.5) is 0 Å². The van der Waals surface area contributed by atoms with Crippen LogP contribution >= 0.6 is 0 Å². The van der Waals surface area contributed by atoms with E-state index in [-0.39, 0.29) is 0 Å². The van der Waals surface area contributed by atoms with Crippen LogP contribution < -0.4 is 0 Å². The fourth-order valence-corrected chi connectivity index (χ4v) is 2.21. The fraction of sp³-hybridized carbons (Fsp3) is 0.235. The van der Waals surface area contributed by atoms with Gasteiger partial charge in [-0.1, -0.05) is 54.6 Å². The third-order valence-corrected chi connectivity index (χ3v) is 3.38. The molecule has 1 aliphatic rings. The molecule has 0 unspecified atom stereocenters. The van der Waals surface area contributed by atoms with Gasteiger partial charge in [0.15, 0.2) is 0 Å². The summed E-state index contributed by atoms with van der Waals surface area (Å²) in [6.07, 6.45) is 1.92. The minimum atomic E-state index is 0.768. The zero-order valence-corrected chi connectivity index (χ0v) is 11.4. The highest BCUT2D eigenvalue weighted by Crippen LogP contribution is 2.18. The molecule has 102 valence electrons. The third kappa shape index (κ3) is 3.25. The maximum Gasteiger partial charge on any atom is 0.0659 e. The predicted octanol–water partition coefficient (Wildman–Crippen LogP) is 3.02. The van der Waals surface area contributed by atoms with Crippen LogP contribution in [0.2, 0.25) is 0 Å². The molecule has 0 spiro atoms. The molecule has 1 aliphatic heterocycles. The number of morpholine rings is 1. The van der Waals surface area contributed by atoms with E-state index in [0.717, 1.165) is 31.9 Å². The van der Waals surface area contributed by atoms with Gasteiger partial charge in [-0.3, -0.25) is 5.01 Å². The topological polar surface area (TPSA) is 24.8 Å². The third-order valence-electron chi connectivity index (χ3n) is 3.38. The second-order valence-electron chi connectivity index (χ2n) is 4.80. The summed E-state index contributed by atoms with van der Waals surface area (Å²) in [5.41, 5.74) is 3.59. The molecule has 3 rings (SSSR count). The van der Waals surface area contributed by atoms with Gasteiger partial charge in [-0.2, -0.15) is 5.10 Å². The van der Waals surface area contributed by atoms with Gasteiger partial charge in [0.05, 0.1) is 32.5 Å². The van der Waals surface area contributed by atoms with Crippen molar-refractivity contribution in [1.82, 2.24) is 5.01 Å². The van der Waals surface area contributed by atoms with E-state index in [1.54, 1.807) is 0 Å². The number of hydrogen-bond acceptors (Lipinski definition) is 3. The van der Waals surface area contributed by atoms with Crippen molar-refractivity contribution < 1.29 is 4.74 Å². The van der Waals surface area contributed by atoms with Crippen molar-refractivity contribution in [3.05, 3.63) is 60.2 Å². The highest BCUT2D eigenvalue weighted by Gasteiger charge is 2.06. The second-order valence-corrected chi connectivity index (χ2v) is 4.80. The van der Waals surface area contributed by atoms with E-state index in [2.05, 4.69) is 58.6 Å². The Balaban J connectivity index is 1.68. The first kappa shape index (κ1) is 12.9. The van der Waals surface area contributed by atoms with Gasteiger partial charge in [-0.25, -0.2) is 0 Å². The molecule has 0 N–H and O–H groups in total. The molecule has 1 heterocycles. The van der Waals surface area contributed by atoms with Gasteiger partial charge in [0, 0.05) is 0 Å². The standard InChI is InChI=1S/C17H18N2O/c1-2-4-16(5-3-1)17-8-6-15(7-9-17)14-18-19-10-12-20-13-11-19/h1-9,14H,10-13H2. The van der Waals surface area contributed by atoms with Gasteiger partial charge in [-0.05, 0) is 16.7 Å². The zero-order chi connectivity index (χ0) is 13.6. The van der Waals surface area contributed by atoms with E-state index < -0.39 is 0 Å². The molecule has 2 aromatic carbocycles. The Morgan fingerprint density at radius 1 is 0.850 bits per heavy atom. The van der Waals surface area contributed by atoms with Gasteiger partial charge in [-0.15, -0.1) is 0 Å². The first-order valence-corrected chi connectivity index (χ1v) is 6.94. The number of nitrogens with zero attached hydrogens (tertiary/aromatic N) is 2. The summed E-state index contributed by atoms with van der Waals surface area (Å²) in [4.78, 5) is 0. The molecule has 0 aliphatic carbocycles. The van der Waals surface area contributed by atoms with Gasteiger partial charge in [0.2, 0.25) is 0 Å². The number of rotatable bonds is 3. The van der Waals surface area contributed by atoms with E-state index >= 15 is 0 Å². The van der Waals surface area contributed by atoms with Crippen LogP contribution in [0.5, 0.6) is 0 Å². The lowest BCUT2D eigenvalue weighted by Gasteiger charge is -2.23. The Morgan fingerprint density at radius 2 is 1.50 bits per heavy atom. The molecule has 0 atom stereocenters. The molecular weight excluding hydrogens is 248 g/mol. The van der Waals surface area contributed by atoms with Crippen molar-refractivity contribution in [1.29, 1.82) is 0 Å². The molecule has 0 amide bonds. The SMILES string of the molecule is C(=NN1CCOCC1)c1ccc(-c2ccccc2)cc1. The zero-order valence-electron chi connectivity index (χ0n) is 11.4. The minimum absolute atomic E-state index is 0.768. The highest BCUT2D eigenvalue weighted by molar-refractivity contribution is 5.80. The predicted molar refractivity (Wildman–Crippen MR) is 81.9 cm³/mol. The summed E-state index contributed by atoms with van der Waals surface area (Å²) in [5, 5.41) is 6.53. The molecule has 0 radical (unpaired) electrons. The van der Waals surface area contributed by atoms with Gasteiger partial charge >= 0.3 is 0 Å². The first-order valence-electron chi connectivity index (χ1n) is 6.94. The lowest BCUT2D eigenvalue weighted by Crippen LogP contribution is -2.32. The summed E-state index contributed by atoms with van der Waals surface area (Å²) in [6.45, 7) is 3.28. The van der Waals surface area contributed by atoms with Crippen molar-refractivity contribution in [3.63, 3.8) is 0 Å². The smallest absolute Gasteiger partial charge is 0.0659 e. The molecule has 3 heteroatoms. The highest BCUT2D eigenvalue weighted by atomic mass is 16.5. The Labute approximate surface area is 119 Å². The minimum Gasteiger partial charge on any atom is -0.378 e. The van der Waals surface area contributed by atoms with Crippen molar-refractivity contribution in [3.8, 4) is 11.1 Å². The Hall–Kier alpha value is -2.13. The van der Waals surface area contributed by atoms with Crippen molar-refractivity contribution in [2.75, 3.05) is 26.3 Å². The summed E-state index contributed by atoms with van der Waals surface area (Å²) < 4.78 is 5.30. The summed E-state index contributed by atoms with van der Waals surface area (Å²) in [7, 11) is 0. The van der Waals surface area contributed by atoms with E-state index in [0.29, 0.717) is 0 Å². The number of hydrazone groups is 1. The number of hydrogen-bond donors (Lipinski definition) is 0. The second kappa shape index (κ2) is 6.35. The van der Waals surface area contributed by atoms with E-state index in [1.807, 2.05) is 12.3 Å². The fourth-order valence-electron chi connectivity index (χ4n) is 2.21. The van der Waals surface area contributed by atoms with E-state index in [9.17, 15) is 0 Å². The van der Waals surface area contributed by atoms with Crippen molar-refractivity contribution in [2.45, 2.75) is 0 Å². The summed E-state index contributed by atoms with van der Waals surface area (Å²) in [6, 6.07) is 18.9. The number of benzene rings is 2. The van der Waals surface area contributed by atoms with Crippen LogP contribution in [0, 0.1) is 0 Å². The summed E-state index contributed by atoms with van der Waals surface area (Å²) in [5.74, 6) is 0. The molecule has 1 fully saturated rings. The van der Waals surface area contributed by atoms with E-state index in [4.69, 9.17) is 4.74 Å². The van der Waals surface area contributed by atoms with Gasteiger partial charge in [0.25, 0.3) is 0 Å². The van der Waals surface area contributed by atoms with Crippen LogP contribution in [0.25, 0.3) is 11.1 Å². The van der Waals surface area contributed by atoms with Crippen LogP contribution in [-0.4, -0.2) is 37.5 Å². The molecule has 3 nitrogen and oxygen atoms in total. The van der Waals surface area contributed by atoms with Crippen LogP contribution in [0.15, 0.2) is 59.7 Å². The molecular formula is C17H18N2O. The Kier molecular flexibility index (Phi) is 4.09. The maximum atomic E-state index is 5.30. The quantitative estimate of drug-likeness (QED) is 0.798. The molecule has 0 saturated carbocycles. The van der Waals surface area contributed by atoms with Crippen molar-refractivity contribution >= 4 is 6.21 Å².